The molecule has 1 unspecified atom stereocenters. The highest BCUT2D eigenvalue weighted by atomic mass is 32.1. The smallest absolute Gasteiger partial charge is 0.251 e. The number of hydrogen-bond donors (Lipinski definition) is 3. The number of nitrogens with one attached hydrogen (secondary N) is 2. The van der Waals surface area contributed by atoms with E-state index in [1.807, 2.05) is 0 Å². The average Bonchev–Trinajstić information content (AvgIpc) is 2.64. The minimum Gasteiger partial charge on any atom is -0.366 e. The van der Waals surface area contributed by atoms with E-state index >= 15 is 0 Å². The van der Waals surface area contributed by atoms with Crippen LogP contribution in [0.4, 0.5) is 5.00 Å². The summed E-state index contributed by atoms with van der Waals surface area (Å²) >= 11 is 1.27. The van der Waals surface area contributed by atoms with Crippen molar-refractivity contribution in [1.29, 1.82) is 0 Å². The van der Waals surface area contributed by atoms with Gasteiger partial charge in [0.1, 0.15) is 5.00 Å². The standard InChI is InChI=1S/C9H13N3O2S/c1-5(11-2)8(14)12-9-6(7(10)13)3-4-15-9/h3-5,11H,1-2H3,(H2,10,13)(H,12,14). The Labute approximate surface area is 91.7 Å². The number of thiophene rings is 1. The number of carbonyl (C=O) groups excluding carboxylic acids is 2. The van der Waals surface area contributed by atoms with Gasteiger partial charge in [0.05, 0.1) is 11.6 Å². The quantitative estimate of drug-likeness (QED) is 0.696. The second kappa shape index (κ2) is 4.90. The number of nitrogens with two attached hydrogens (primary N) is 1. The summed E-state index contributed by atoms with van der Waals surface area (Å²) in [7, 11) is 1.69. The van der Waals surface area contributed by atoms with E-state index in [2.05, 4.69) is 10.6 Å². The minimum atomic E-state index is -0.538. The molecule has 0 aliphatic carbocycles. The molecule has 0 aliphatic heterocycles. The van der Waals surface area contributed by atoms with Crippen LogP contribution in [0.1, 0.15) is 17.3 Å². The Balaban J connectivity index is 2.76. The van der Waals surface area contributed by atoms with E-state index in [0.29, 0.717) is 10.6 Å². The van der Waals surface area contributed by atoms with Gasteiger partial charge in [-0.2, -0.15) is 0 Å². The molecule has 0 bridgehead atoms. The molecule has 5 nitrogen and oxygen atoms in total. The predicted molar refractivity (Wildman–Crippen MR) is 60.0 cm³/mol. The summed E-state index contributed by atoms with van der Waals surface area (Å²) in [5.74, 6) is -0.730. The van der Waals surface area contributed by atoms with Crippen LogP contribution in [0.3, 0.4) is 0 Å². The van der Waals surface area contributed by atoms with Gasteiger partial charge in [0.15, 0.2) is 0 Å². The number of hydrogen-bond acceptors (Lipinski definition) is 4. The van der Waals surface area contributed by atoms with Gasteiger partial charge in [0.25, 0.3) is 5.91 Å². The van der Waals surface area contributed by atoms with Crippen LogP contribution in [0.5, 0.6) is 0 Å². The first-order chi connectivity index (χ1) is 7.06. The minimum absolute atomic E-state index is 0.192. The van der Waals surface area contributed by atoms with Crippen molar-refractivity contribution in [2.75, 3.05) is 12.4 Å². The SMILES string of the molecule is CNC(C)C(=O)Nc1sccc1C(N)=O. The fraction of sp³-hybridized carbons (Fsp3) is 0.333. The molecular formula is C9H13N3O2S. The lowest BCUT2D eigenvalue weighted by Gasteiger charge is -2.10. The number of carbonyl (C=O) groups is 2. The molecule has 82 valence electrons. The van der Waals surface area contributed by atoms with Crippen molar-refractivity contribution in [3.63, 3.8) is 0 Å². The summed E-state index contributed by atoms with van der Waals surface area (Å²) in [4.78, 5) is 22.5. The molecule has 0 radical (unpaired) electrons. The summed E-state index contributed by atoms with van der Waals surface area (Å²) in [5.41, 5.74) is 5.49. The Morgan fingerprint density at radius 2 is 2.20 bits per heavy atom. The van der Waals surface area contributed by atoms with Crippen molar-refractivity contribution in [3.05, 3.63) is 17.0 Å². The first-order valence-electron chi connectivity index (χ1n) is 4.41. The van der Waals surface area contributed by atoms with Gasteiger partial charge in [-0.3, -0.25) is 9.59 Å². The first kappa shape index (κ1) is 11.7. The Bertz CT molecular complexity index is 375. The number of rotatable bonds is 4. The molecule has 1 aromatic rings. The zero-order chi connectivity index (χ0) is 11.4. The largest absolute Gasteiger partial charge is 0.366 e. The van der Waals surface area contributed by atoms with Gasteiger partial charge in [0, 0.05) is 0 Å². The van der Waals surface area contributed by atoms with Crippen molar-refractivity contribution in [1.82, 2.24) is 5.32 Å². The van der Waals surface area contributed by atoms with E-state index in [0.717, 1.165) is 0 Å². The maximum Gasteiger partial charge on any atom is 0.251 e. The van der Waals surface area contributed by atoms with Crippen molar-refractivity contribution in [3.8, 4) is 0 Å². The predicted octanol–water partition coefficient (Wildman–Crippen LogP) is 0.393. The normalized spacial score (nSPS) is 12.1. The maximum absolute atomic E-state index is 11.5. The highest BCUT2D eigenvalue weighted by Gasteiger charge is 2.15. The highest BCUT2D eigenvalue weighted by molar-refractivity contribution is 7.14. The molecule has 0 fully saturated rings. The lowest BCUT2D eigenvalue weighted by molar-refractivity contribution is -0.117. The molecule has 4 N–H and O–H groups in total. The zero-order valence-electron chi connectivity index (χ0n) is 8.53. The molecule has 6 heteroatoms. The van der Waals surface area contributed by atoms with Gasteiger partial charge in [-0.05, 0) is 25.4 Å². The van der Waals surface area contributed by atoms with Gasteiger partial charge in [0.2, 0.25) is 5.91 Å². The third-order valence-electron chi connectivity index (χ3n) is 1.99. The second-order valence-electron chi connectivity index (χ2n) is 3.03. The Kier molecular flexibility index (Phi) is 3.81. The molecule has 2 amide bonds. The summed E-state index contributed by atoms with van der Waals surface area (Å²) in [6.07, 6.45) is 0. The number of primary amides is 1. The van der Waals surface area contributed by atoms with E-state index < -0.39 is 5.91 Å². The molecule has 15 heavy (non-hydrogen) atoms. The van der Waals surface area contributed by atoms with Crippen molar-refractivity contribution in [2.45, 2.75) is 13.0 Å². The van der Waals surface area contributed by atoms with Crippen LogP contribution in [0.2, 0.25) is 0 Å². The van der Waals surface area contributed by atoms with Crippen molar-refractivity contribution >= 4 is 28.2 Å². The lowest BCUT2D eigenvalue weighted by atomic mass is 10.3. The second-order valence-corrected chi connectivity index (χ2v) is 3.94. The van der Waals surface area contributed by atoms with Crippen LogP contribution in [0.15, 0.2) is 11.4 Å². The van der Waals surface area contributed by atoms with E-state index in [1.165, 1.54) is 11.3 Å². The monoisotopic (exact) mass is 227 g/mol. The van der Waals surface area contributed by atoms with Crippen LogP contribution in [-0.4, -0.2) is 24.9 Å². The van der Waals surface area contributed by atoms with E-state index in [4.69, 9.17) is 5.73 Å². The molecule has 1 atom stereocenters. The fourth-order valence-electron chi connectivity index (χ4n) is 0.951. The van der Waals surface area contributed by atoms with E-state index in [-0.39, 0.29) is 11.9 Å². The molecule has 1 heterocycles. The van der Waals surface area contributed by atoms with Crippen molar-refractivity contribution < 1.29 is 9.59 Å². The van der Waals surface area contributed by atoms with Gasteiger partial charge in [-0.25, -0.2) is 0 Å². The van der Waals surface area contributed by atoms with Gasteiger partial charge in [-0.1, -0.05) is 0 Å². The summed E-state index contributed by atoms with van der Waals surface area (Å²) in [6.45, 7) is 1.73. The van der Waals surface area contributed by atoms with Crippen LogP contribution in [-0.2, 0) is 4.79 Å². The van der Waals surface area contributed by atoms with Crippen LogP contribution < -0.4 is 16.4 Å². The van der Waals surface area contributed by atoms with Crippen LogP contribution in [0, 0.1) is 0 Å². The molecule has 1 aromatic heterocycles. The Morgan fingerprint density at radius 3 is 2.73 bits per heavy atom. The molecule has 0 aromatic carbocycles. The third kappa shape index (κ3) is 2.77. The zero-order valence-corrected chi connectivity index (χ0v) is 9.35. The van der Waals surface area contributed by atoms with Crippen molar-refractivity contribution in [2.24, 2.45) is 5.73 Å². The molecule has 0 saturated carbocycles. The fourth-order valence-corrected chi connectivity index (χ4v) is 1.75. The van der Waals surface area contributed by atoms with E-state index in [9.17, 15) is 9.59 Å². The Morgan fingerprint density at radius 1 is 1.53 bits per heavy atom. The summed E-state index contributed by atoms with van der Waals surface area (Å²) in [6, 6.07) is 1.28. The highest BCUT2D eigenvalue weighted by Crippen LogP contribution is 2.22. The topological polar surface area (TPSA) is 84.2 Å². The summed E-state index contributed by atoms with van der Waals surface area (Å²) in [5, 5.41) is 7.64. The first-order valence-corrected chi connectivity index (χ1v) is 5.29. The number of amides is 2. The van der Waals surface area contributed by atoms with E-state index in [1.54, 1.807) is 25.4 Å². The molecular weight excluding hydrogens is 214 g/mol. The molecule has 0 saturated heterocycles. The summed E-state index contributed by atoms with van der Waals surface area (Å²) < 4.78 is 0. The average molecular weight is 227 g/mol. The van der Waals surface area contributed by atoms with Gasteiger partial charge < -0.3 is 16.4 Å². The third-order valence-corrected chi connectivity index (χ3v) is 2.82. The number of likely N-dealkylation sites (N-methyl/N-ethyl adjacent to an activating group) is 1. The molecule has 1 rings (SSSR count). The Hall–Kier alpha value is -1.40. The van der Waals surface area contributed by atoms with Gasteiger partial charge >= 0.3 is 0 Å². The van der Waals surface area contributed by atoms with Crippen LogP contribution in [0.25, 0.3) is 0 Å². The van der Waals surface area contributed by atoms with Gasteiger partial charge in [-0.15, -0.1) is 11.3 Å². The maximum atomic E-state index is 11.5. The van der Waals surface area contributed by atoms with Crippen LogP contribution >= 0.6 is 11.3 Å². The molecule has 0 spiro atoms. The molecule has 0 aliphatic rings. The number of anilines is 1. The lowest BCUT2D eigenvalue weighted by Crippen LogP contribution is -2.35.